The lowest BCUT2D eigenvalue weighted by molar-refractivity contribution is -0.144. The molecule has 3 aliphatic heterocycles. The Labute approximate surface area is 130 Å². The van der Waals surface area contributed by atoms with Crippen molar-refractivity contribution in [3.8, 4) is 0 Å². The third-order valence-electron chi connectivity index (χ3n) is 5.48. The van der Waals surface area contributed by atoms with Crippen LogP contribution in [0.5, 0.6) is 0 Å². The zero-order chi connectivity index (χ0) is 15.3. The van der Waals surface area contributed by atoms with Crippen LogP contribution in [0.25, 0.3) is 0 Å². The van der Waals surface area contributed by atoms with Gasteiger partial charge in [-0.25, -0.2) is 4.98 Å². The second-order valence-electron chi connectivity index (χ2n) is 6.94. The molecule has 3 fully saturated rings. The van der Waals surface area contributed by atoms with Gasteiger partial charge in [0.2, 0.25) is 5.91 Å². The highest BCUT2D eigenvalue weighted by molar-refractivity contribution is 5.91. The Kier molecular flexibility index (Phi) is 3.20. The standard InChI is InChI=1S/C16H22N4O2/c1-18-6-5-17-15(18)16(22)19-8-11-7-12(10-19)13-3-2-4-14(21)20(13)9-11/h5-6,11-13H,2-4,7-10H2,1H3/t11?,12?,13-/m1/s1. The average molecular weight is 302 g/mol. The van der Waals surface area contributed by atoms with Crippen LogP contribution in [0.15, 0.2) is 12.4 Å². The molecule has 0 N–H and O–H groups in total. The number of nitrogens with zero attached hydrogens (tertiary/aromatic N) is 4. The van der Waals surface area contributed by atoms with Crippen LogP contribution in [0.3, 0.4) is 0 Å². The van der Waals surface area contributed by atoms with Gasteiger partial charge < -0.3 is 14.4 Å². The number of carbonyl (C=O) groups is 2. The van der Waals surface area contributed by atoms with Crippen molar-refractivity contribution in [2.24, 2.45) is 18.9 Å². The monoisotopic (exact) mass is 302 g/mol. The van der Waals surface area contributed by atoms with Crippen molar-refractivity contribution < 1.29 is 9.59 Å². The van der Waals surface area contributed by atoms with E-state index >= 15 is 0 Å². The van der Waals surface area contributed by atoms with E-state index in [1.165, 1.54) is 0 Å². The lowest BCUT2D eigenvalue weighted by Gasteiger charge is -2.52. The summed E-state index contributed by atoms with van der Waals surface area (Å²) in [4.78, 5) is 33.1. The molecular weight excluding hydrogens is 280 g/mol. The average Bonchev–Trinajstić information content (AvgIpc) is 2.93. The quantitative estimate of drug-likeness (QED) is 0.774. The molecule has 0 aromatic carbocycles. The highest BCUT2D eigenvalue weighted by Crippen LogP contribution is 2.38. The SMILES string of the molecule is Cn1ccnc1C(=O)N1CC2CC(C1)[C@H]1CCCC(=O)N1C2. The summed E-state index contributed by atoms with van der Waals surface area (Å²) in [6.45, 7) is 2.33. The molecule has 4 heterocycles. The molecule has 22 heavy (non-hydrogen) atoms. The van der Waals surface area contributed by atoms with E-state index in [1.54, 1.807) is 17.0 Å². The highest BCUT2D eigenvalue weighted by atomic mass is 16.2. The summed E-state index contributed by atoms with van der Waals surface area (Å²) in [6, 6.07) is 0.342. The molecule has 3 aliphatic rings. The first-order chi connectivity index (χ1) is 10.6. The number of carbonyl (C=O) groups excluding carboxylic acids is 2. The third kappa shape index (κ3) is 2.12. The van der Waals surface area contributed by atoms with Crippen molar-refractivity contribution >= 4 is 11.8 Å². The van der Waals surface area contributed by atoms with E-state index in [9.17, 15) is 9.59 Å². The molecule has 118 valence electrons. The van der Waals surface area contributed by atoms with Gasteiger partial charge in [0.05, 0.1) is 0 Å². The largest absolute Gasteiger partial charge is 0.339 e. The van der Waals surface area contributed by atoms with Gasteiger partial charge >= 0.3 is 0 Å². The van der Waals surface area contributed by atoms with Crippen LogP contribution < -0.4 is 0 Å². The second kappa shape index (κ2) is 5.11. The van der Waals surface area contributed by atoms with E-state index in [0.717, 1.165) is 38.9 Å². The summed E-state index contributed by atoms with van der Waals surface area (Å²) in [7, 11) is 1.85. The molecule has 0 radical (unpaired) electrons. The number of amides is 2. The van der Waals surface area contributed by atoms with E-state index in [0.29, 0.717) is 36.0 Å². The van der Waals surface area contributed by atoms with Crippen molar-refractivity contribution in [1.29, 1.82) is 0 Å². The maximum Gasteiger partial charge on any atom is 0.289 e. The predicted molar refractivity (Wildman–Crippen MR) is 80.1 cm³/mol. The van der Waals surface area contributed by atoms with Crippen LogP contribution in [0, 0.1) is 11.8 Å². The Morgan fingerprint density at radius 1 is 1.32 bits per heavy atom. The molecule has 2 amide bonds. The Hall–Kier alpha value is -1.85. The number of hydrogen-bond donors (Lipinski definition) is 0. The normalized spacial score (nSPS) is 31.1. The van der Waals surface area contributed by atoms with E-state index in [2.05, 4.69) is 9.88 Å². The first-order valence-electron chi connectivity index (χ1n) is 8.19. The molecule has 0 saturated carbocycles. The maximum atomic E-state index is 12.7. The number of hydrogen-bond acceptors (Lipinski definition) is 3. The molecular formula is C16H22N4O2. The van der Waals surface area contributed by atoms with Gasteiger partial charge in [0.25, 0.3) is 5.91 Å². The first-order valence-corrected chi connectivity index (χ1v) is 8.19. The molecule has 6 nitrogen and oxygen atoms in total. The number of piperidine rings is 3. The summed E-state index contributed by atoms with van der Waals surface area (Å²) in [6.07, 6.45) is 7.41. The van der Waals surface area contributed by atoms with Crippen molar-refractivity contribution in [3.05, 3.63) is 18.2 Å². The van der Waals surface area contributed by atoms with Gasteiger partial charge in [-0.05, 0) is 31.1 Å². The fraction of sp³-hybridized carbons (Fsp3) is 0.688. The Bertz CT molecular complexity index is 611. The van der Waals surface area contributed by atoms with Crippen molar-refractivity contribution in [3.63, 3.8) is 0 Å². The molecule has 2 unspecified atom stereocenters. The van der Waals surface area contributed by atoms with Crippen LogP contribution in [-0.2, 0) is 11.8 Å². The van der Waals surface area contributed by atoms with E-state index in [4.69, 9.17) is 0 Å². The topological polar surface area (TPSA) is 58.4 Å². The molecule has 3 saturated heterocycles. The number of fused-ring (bicyclic) bond motifs is 4. The van der Waals surface area contributed by atoms with Crippen LogP contribution >= 0.6 is 0 Å². The van der Waals surface area contributed by atoms with Crippen molar-refractivity contribution in [2.75, 3.05) is 19.6 Å². The Morgan fingerprint density at radius 2 is 2.18 bits per heavy atom. The number of rotatable bonds is 1. The molecule has 3 atom stereocenters. The van der Waals surface area contributed by atoms with Crippen LogP contribution in [0.4, 0.5) is 0 Å². The minimum atomic E-state index is 0.0257. The summed E-state index contributed by atoms with van der Waals surface area (Å²) < 4.78 is 1.78. The fourth-order valence-corrected chi connectivity index (χ4v) is 4.49. The lowest BCUT2D eigenvalue weighted by atomic mass is 9.76. The molecule has 0 spiro atoms. The van der Waals surface area contributed by atoms with Gasteiger partial charge in [0.15, 0.2) is 5.82 Å². The summed E-state index contributed by atoms with van der Waals surface area (Å²) in [5, 5.41) is 0. The first kappa shape index (κ1) is 13.8. The van der Waals surface area contributed by atoms with Gasteiger partial charge in [-0.2, -0.15) is 0 Å². The van der Waals surface area contributed by atoms with Crippen molar-refractivity contribution in [2.45, 2.75) is 31.7 Å². The van der Waals surface area contributed by atoms with Crippen molar-refractivity contribution in [1.82, 2.24) is 19.4 Å². The number of aryl methyl sites for hydroxylation is 1. The molecule has 0 aliphatic carbocycles. The number of aromatic nitrogens is 2. The molecule has 1 aromatic heterocycles. The van der Waals surface area contributed by atoms with Gasteiger partial charge in [-0.3, -0.25) is 9.59 Å². The van der Waals surface area contributed by atoms with Gasteiger partial charge in [-0.15, -0.1) is 0 Å². The minimum Gasteiger partial charge on any atom is -0.339 e. The molecule has 2 bridgehead atoms. The maximum absolute atomic E-state index is 12.7. The van der Waals surface area contributed by atoms with Crippen LogP contribution in [0.2, 0.25) is 0 Å². The van der Waals surface area contributed by atoms with Crippen LogP contribution in [0.1, 0.15) is 36.3 Å². The van der Waals surface area contributed by atoms with E-state index < -0.39 is 0 Å². The number of likely N-dealkylation sites (tertiary alicyclic amines) is 1. The van der Waals surface area contributed by atoms with Gasteiger partial charge in [0, 0.05) is 51.5 Å². The smallest absolute Gasteiger partial charge is 0.289 e. The summed E-state index contributed by atoms with van der Waals surface area (Å²) in [5.74, 6) is 1.70. The summed E-state index contributed by atoms with van der Waals surface area (Å²) in [5.41, 5.74) is 0. The molecule has 6 heteroatoms. The summed E-state index contributed by atoms with van der Waals surface area (Å²) >= 11 is 0. The fourth-order valence-electron chi connectivity index (χ4n) is 4.49. The van der Waals surface area contributed by atoms with Gasteiger partial charge in [0.1, 0.15) is 0 Å². The van der Waals surface area contributed by atoms with Crippen LogP contribution in [-0.4, -0.2) is 56.8 Å². The zero-order valence-electron chi connectivity index (χ0n) is 12.9. The Balaban J connectivity index is 1.54. The van der Waals surface area contributed by atoms with E-state index in [1.807, 2.05) is 11.9 Å². The van der Waals surface area contributed by atoms with Gasteiger partial charge in [-0.1, -0.05) is 0 Å². The molecule has 4 rings (SSSR count). The second-order valence-corrected chi connectivity index (χ2v) is 6.94. The minimum absolute atomic E-state index is 0.0257. The predicted octanol–water partition coefficient (Wildman–Crippen LogP) is 0.893. The highest BCUT2D eigenvalue weighted by Gasteiger charge is 2.45. The molecule has 1 aromatic rings. The Morgan fingerprint density at radius 3 is 2.95 bits per heavy atom. The number of imidazole rings is 1. The lowest BCUT2D eigenvalue weighted by Crippen LogP contribution is -2.61. The third-order valence-corrected chi connectivity index (χ3v) is 5.48. The van der Waals surface area contributed by atoms with E-state index in [-0.39, 0.29) is 5.91 Å². The zero-order valence-corrected chi connectivity index (χ0v) is 12.9.